The SMILES string of the molecule is CCN1CCOC(CN2CCC(C)C(O)C2)C1. The van der Waals surface area contributed by atoms with Crippen LogP contribution < -0.4 is 0 Å². The van der Waals surface area contributed by atoms with Gasteiger partial charge in [-0.05, 0) is 25.4 Å². The number of rotatable bonds is 3. The number of likely N-dealkylation sites (tertiary alicyclic amines) is 1. The standard InChI is InChI=1S/C13H26N2O2/c1-3-14-6-7-17-12(8-14)9-15-5-4-11(2)13(16)10-15/h11-13,16H,3-10H2,1-2H3. The molecule has 4 heteroatoms. The normalized spacial score (nSPS) is 37.2. The number of ether oxygens (including phenoxy) is 1. The van der Waals surface area contributed by atoms with E-state index in [0.29, 0.717) is 12.0 Å². The Bertz CT molecular complexity index is 233. The van der Waals surface area contributed by atoms with Crippen LogP contribution in [0.4, 0.5) is 0 Å². The predicted octanol–water partition coefficient (Wildman–Crippen LogP) is 0.410. The molecule has 0 saturated carbocycles. The van der Waals surface area contributed by atoms with E-state index in [1.54, 1.807) is 0 Å². The molecule has 2 aliphatic heterocycles. The fourth-order valence-electron chi connectivity index (χ4n) is 2.75. The molecule has 100 valence electrons. The minimum atomic E-state index is -0.158. The zero-order valence-electron chi connectivity index (χ0n) is 11.1. The second kappa shape index (κ2) is 6.14. The van der Waals surface area contributed by atoms with Gasteiger partial charge in [0.25, 0.3) is 0 Å². The molecule has 0 spiro atoms. The van der Waals surface area contributed by atoms with Gasteiger partial charge < -0.3 is 9.84 Å². The van der Waals surface area contributed by atoms with Crippen molar-refractivity contribution in [3.8, 4) is 0 Å². The van der Waals surface area contributed by atoms with Crippen LogP contribution in [-0.2, 0) is 4.74 Å². The Morgan fingerprint density at radius 3 is 2.76 bits per heavy atom. The van der Waals surface area contributed by atoms with Crippen LogP contribution >= 0.6 is 0 Å². The molecule has 0 aromatic carbocycles. The van der Waals surface area contributed by atoms with Crippen LogP contribution in [0, 0.1) is 5.92 Å². The molecule has 0 bridgehead atoms. The lowest BCUT2D eigenvalue weighted by molar-refractivity contribution is -0.0566. The Labute approximate surface area is 105 Å². The average molecular weight is 242 g/mol. The van der Waals surface area contributed by atoms with Crippen LogP contribution in [0.3, 0.4) is 0 Å². The largest absolute Gasteiger partial charge is 0.392 e. The first-order valence-corrected chi connectivity index (χ1v) is 6.93. The fraction of sp³-hybridized carbons (Fsp3) is 1.00. The third-order valence-corrected chi connectivity index (χ3v) is 4.13. The second-order valence-corrected chi connectivity index (χ2v) is 5.48. The molecule has 2 heterocycles. The van der Waals surface area contributed by atoms with Crippen molar-refractivity contribution in [2.45, 2.75) is 32.5 Å². The molecule has 0 aromatic rings. The van der Waals surface area contributed by atoms with Gasteiger partial charge in [-0.15, -0.1) is 0 Å². The van der Waals surface area contributed by atoms with Gasteiger partial charge in [0, 0.05) is 26.2 Å². The van der Waals surface area contributed by atoms with E-state index in [1.807, 2.05) is 0 Å². The van der Waals surface area contributed by atoms with Gasteiger partial charge in [-0.2, -0.15) is 0 Å². The molecule has 2 fully saturated rings. The zero-order chi connectivity index (χ0) is 12.3. The Balaban J connectivity index is 1.76. The third kappa shape index (κ3) is 3.65. The number of hydrogen-bond acceptors (Lipinski definition) is 4. The topological polar surface area (TPSA) is 35.9 Å². The lowest BCUT2D eigenvalue weighted by Gasteiger charge is -2.39. The molecule has 0 radical (unpaired) electrons. The van der Waals surface area contributed by atoms with Crippen LogP contribution in [-0.4, -0.2) is 73.0 Å². The highest BCUT2D eigenvalue weighted by Crippen LogP contribution is 2.18. The molecule has 2 saturated heterocycles. The van der Waals surface area contributed by atoms with Crippen molar-refractivity contribution >= 4 is 0 Å². The quantitative estimate of drug-likeness (QED) is 0.777. The predicted molar refractivity (Wildman–Crippen MR) is 68.1 cm³/mol. The van der Waals surface area contributed by atoms with Gasteiger partial charge in [0.15, 0.2) is 0 Å². The Kier molecular flexibility index (Phi) is 4.79. The lowest BCUT2D eigenvalue weighted by atomic mass is 9.96. The van der Waals surface area contributed by atoms with E-state index in [4.69, 9.17) is 4.74 Å². The Morgan fingerprint density at radius 2 is 2.06 bits per heavy atom. The number of likely N-dealkylation sites (N-methyl/N-ethyl adjacent to an activating group) is 1. The molecule has 2 rings (SSSR count). The first-order valence-electron chi connectivity index (χ1n) is 6.93. The number of morpholine rings is 1. The maximum atomic E-state index is 9.88. The van der Waals surface area contributed by atoms with Crippen LogP contribution in [0.2, 0.25) is 0 Å². The van der Waals surface area contributed by atoms with E-state index < -0.39 is 0 Å². The molecular weight excluding hydrogens is 216 g/mol. The summed E-state index contributed by atoms with van der Waals surface area (Å²) < 4.78 is 5.81. The van der Waals surface area contributed by atoms with Gasteiger partial charge in [0.1, 0.15) is 0 Å². The minimum Gasteiger partial charge on any atom is -0.392 e. The van der Waals surface area contributed by atoms with Crippen LogP contribution in [0.1, 0.15) is 20.3 Å². The number of aliphatic hydroxyl groups excluding tert-OH is 1. The van der Waals surface area contributed by atoms with Crippen molar-refractivity contribution in [2.75, 3.05) is 45.9 Å². The van der Waals surface area contributed by atoms with Crippen molar-refractivity contribution in [2.24, 2.45) is 5.92 Å². The monoisotopic (exact) mass is 242 g/mol. The van der Waals surface area contributed by atoms with E-state index in [0.717, 1.165) is 52.3 Å². The molecule has 4 nitrogen and oxygen atoms in total. The molecule has 2 aliphatic rings. The molecule has 3 unspecified atom stereocenters. The van der Waals surface area contributed by atoms with Gasteiger partial charge >= 0.3 is 0 Å². The first kappa shape index (κ1) is 13.3. The highest BCUT2D eigenvalue weighted by molar-refractivity contribution is 4.81. The van der Waals surface area contributed by atoms with E-state index >= 15 is 0 Å². The highest BCUT2D eigenvalue weighted by Gasteiger charge is 2.27. The third-order valence-electron chi connectivity index (χ3n) is 4.13. The summed E-state index contributed by atoms with van der Waals surface area (Å²) >= 11 is 0. The van der Waals surface area contributed by atoms with Gasteiger partial charge in [-0.25, -0.2) is 0 Å². The molecule has 3 atom stereocenters. The number of nitrogens with zero attached hydrogens (tertiary/aromatic N) is 2. The van der Waals surface area contributed by atoms with Gasteiger partial charge in [-0.3, -0.25) is 9.80 Å². The summed E-state index contributed by atoms with van der Waals surface area (Å²) in [6.07, 6.45) is 1.27. The molecule has 17 heavy (non-hydrogen) atoms. The van der Waals surface area contributed by atoms with E-state index in [-0.39, 0.29) is 6.10 Å². The Morgan fingerprint density at radius 1 is 1.24 bits per heavy atom. The molecule has 0 amide bonds. The number of aliphatic hydroxyl groups is 1. The summed E-state index contributed by atoms with van der Waals surface area (Å²) in [5.74, 6) is 0.450. The molecular formula is C13H26N2O2. The maximum absolute atomic E-state index is 9.88. The second-order valence-electron chi connectivity index (χ2n) is 5.48. The molecule has 1 N–H and O–H groups in total. The van der Waals surface area contributed by atoms with Crippen molar-refractivity contribution in [3.05, 3.63) is 0 Å². The fourth-order valence-corrected chi connectivity index (χ4v) is 2.75. The minimum absolute atomic E-state index is 0.158. The summed E-state index contributed by atoms with van der Waals surface area (Å²) in [7, 11) is 0. The maximum Gasteiger partial charge on any atom is 0.0829 e. The van der Waals surface area contributed by atoms with E-state index in [9.17, 15) is 5.11 Å². The average Bonchev–Trinajstić information content (AvgIpc) is 2.34. The van der Waals surface area contributed by atoms with Crippen LogP contribution in [0.15, 0.2) is 0 Å². The summed E-state index contributed by atoms with van der Waals surface area (Å²) in [5.41, 5.74) is 0. The van der Waals surface area contributed by atoms with Crippen molar-refractivity contribution in [3.63, 3.8) is 0 Å². The summed E-state index contributed by atoms with van der Waals surface area (Å²) in [6, 6.07) is 0. The van der Waals surface area contributed by atoms with Crippen molar-refractivity contribution in [1.29, 1.82) is 0 Å². The zero-order valence-corrected chi connectivity index (χ0v) is 11.1. The summed E-state index contributed by atoms with van der Waals surface area (Å²) in [4.78, 5) is 4.80. The number of β-amino-alcohol motifs (C(OH)–C–C–N with tert-alkyl or cyclic N) is 1. The van der Waals surface area contributed by atoms with Crippen molar-refractivity contribution < 1.29 is 9.84 Å². The van der Waals surface area contributed by atoms with E-state index in [1.165, 1.54) is 0 Å². The number of piperidine rings is 1. The highest BCUT2D eigenvalue weighted by atomic mass is 16.5. The Hall–Kier alpha value is -0.160. The first-order chi connectivity index (χ1) is 8.19. The smallest absolute Gasteiger partial charge is 0.0829 e. The summed E-state index contributed by atoms with van der Waals surface area (Å²) in [6.45, 7) is 11.3. The van der Waals surface area contributed by atoms with Gasteiger partial charge in [0.05, 0.1) is 18.8 Å². The lowest BCUT2D eigenvalue weighted by Crippen LogP contribution is -2.51. The van der Waals surface area contributed by atoms with E-state index in [2.05, 4.69) is 23.6 Å². The van der Waals surface area contributed by atoms with Crippen LogP contribution in [0.5, 0.6) is 0 Å². The molecule has 0 aliphatic carbocycles. The van der Waals surface area contributed by atoms with Crippen LogP contribution in [0.25, 0.3) is 0 Å². The summed E-state index contributed by atoms with van der Waals surface area (Å²) in [5, 5.41) is 9.88. The van der Waals surface area contributed by atoms with Gasteiger partial charge in [0.2, 0.25) is 0 Å². The molecule has 0 aromatic heterocycles. The van der Waals surface area contributed by atoms with Crippen molar-refractivity contribution in [1.82, 2.24) is 9.80 Å². The van der Waals surface area contributed by atoms with Gasteiger partial charge in [-0.1, -0.05) is 13.8 Å². The number of hydrogen-bond donors (Lipinski definition) is 1.